The quantitative estimate of drug-likeness (QED) is 0.472. The predicted octanol–water partition coefficient (Wildman–Crippen LogP) is 0.205. The molecule has 1 amide bonds. The fraction of sp³-hybridized carbons (Fsp3) is 0.450. The summed E-state index contributed by atoms with van der Waals surface area (Å²) in [5.41, 5.74) is -1.94. The van der Waals surface area contributed by atoms with Gasteiger partial charge in [0, 0.05) is 30.3 Å². The molecular weight excluding hydrogens is 397 g/mol. The number of ether oxygens (including phenoxy) is 1. The van der Waals surface area contributed by atoms with E-state index in [9.17, 15) is 29.0 Å². The molecule has 0 unspecified atom stereocenters. The third-order valence-electron chi connectivity index (χ3n) is 5.25. The Kier molecular flexibility index (Phi) is 6.49. The highest BCUT2D eigenvalue weighted by Crippen LogP contribution is 2.38. The average Bonchev–Trinajstić information content (AvgIpc) is 3.05. The van der Waals surface area contributed by atoms with Crippen molar-refractivity contribution in [2.75, 3.05) is 13.2 Å². The Bertz CT molecular complexity index is 1020. The van der Waals surface area contributed by atoms with E-state index >= 15 is 0 Å². The van der Waals surface area contributed by atoms with Crippen molar-refractivity contribution in [3.8, 4) is 0 Å². The number of H-pyrrole nitrogens is 1. The molecule has 0 radical (unpaired) electrons. The number of halogens is 1. The molecular formula is C20H24FN3O6. The molecule has 1 aromatic carbocycles. The Labute approximate surface area is 171 Å². The summed E-state index contributed by atoms with van der Waals surface area (Å²) in [6.07, 6.45) is 0.216. The molecule has 0 bridgehead atoms. The third-order valence-corrected chi connectivity index (χ3v) is 5.25. The standard InChI is InChI=1S/C20H24FN3O6/c1-12-10-24(19(28)23-17(12)26)16-9-20(29,15(11-25)30-16)7-2-8-22-18(27)13-3-5-14(21)6-4-13/h3-6,10,15-16,25,29H,2,7-9,11H2,1H3,(H,22,27)(H,23,26,28)/t15-,16-,20+/m1/s1/i21+0. The molecule has 1 saturated heterocycles. The van der Waals surface area contributed by atoms with Gasteiger partial charge in [0.15, 0.2) is 0 Å². The first-order valence-corrected chi connectivity index (χ1v) is 9.58. The fourth-order valence-corrected chi connectivity index (χ4v) is 3.54. The Balaban J connectivity index is 1.60. The fourth-order valence-electron chi connectivity index (χ4n) is 3.54. The number of carbonyl (C=O) groups excluding carboxylic acids is 1. The van der Waals surface area contributed by atoms with Gasteiger partial charge in [-0.15, -0.1) is 0 Å². The number of hydrogen-bond donors (Lipinski definition) is 4. The van der Waals surface area contributed by atoms with E-state index in [4.69, 9.17) is 4.74 Å². The number of aliphatic hydroxyl groups excluding tert-OH is 1. The smallest absolute Gasteiger partial charge is 0.330 e. The molecule has 1 aliphatic rings. The average molecular weight is 421 g/mol. The summed E-state index contributed by atoms with van der Waals surface area (Å²) >= 11 is 0. The number of aromatic amines is 1. The van der Waals surface area contributed by atoms with Crippen LogP contribution < -0.4 is 16.6 Å². The van der Waals surface area contributed by atoms with Crippen molar-refractivity contribution in [3.05, 3.63) is 68.2 Å². The molecule has 4 N–H and O–H groups in total. The van der Waals surface area contributed by atoms with Crippen molar-refractivity contribution >= 4 is 5.91 Å². The summed E-state index contributed by atoms with van der Waals surface area (Å²) in [4.78, 5) is 37.9. The normalized spacial score (nSPS) is 23.5. The zero-order valence-corrected chi connectivity index (χ0v) is 16.4. The van der Waals surface area contributed by atoms with Crippen molar-refractivity contribution in [3.63, 3.8) is 0 Å². The highest BCUT2D eigenvalue weighted by molar-refractivity contribution is 5.94. The Morgan fingerprint density at radius 1 is 1.37 bits per heavy atom. The molecule has 30 heavy (non-hydrogen) atoms. The van der Waals surface area contributed by atoms with Gasteiger partial charge in [0.05, 0.1) is 12.2 Å². The highest BCUT2D eigenvalue weighted by Gasteiger charge is 2.47. The van der Waals surface area contributed by atoms with Gasteiger partial charge in [0.2, 0.25) is 0 Å². The molecule has 2 aromatic rings. The minimum absolute atomic E-state index is 0.0372. The number of aliphatic hydroxyl groups is 2. The lowest BCUT2D eigenvalue weighted by molar-refractivity contribution is -0.0859. The van der Waals surface area contributed by atoms with Crippen LogP contribution in [0.15, 0.2) is 40.1 Å². The van der Waals surface area contributed by atoms with Gasteiger partial charge in [-0.1, -0.05) is 0 Å². The van der Waals surface area contributed by atoms with E-state index in [1.807, 2.05) is 0 Å². The van der Waals surface area contributed by atoms with Crippen LogP contribution in [-0.2, 0) is 4.74 Å². The Morgan fingerprint density at radius 3 is 2.73 bits per heavy atom. The van der Waals surface area contributed by atoms with Crippen LogP contribution in [0.3, 0.4) is 0 Å². The number of aryl methyl sites for hydroxylation is 1. The summed E-state index contributed by atoms with van der Waals surface area (Å²) in [5.74, 6) is -0.798. The molecule has 3 atom stereocenters. The number of rotatable bonds is 7. The van der Waals surface area contributed by atoms with Crippen LogP contribution in [0, 0.1) is 12.7 Å². The molecule has 162 valence electrons. The second kappa shape index (κ2) is 8.90. The topological polar surface area (TPSA) is 134 Å². The second-order valence-electron chi connectivity index (χ2n) is 7.41. The second-order valence-corrected chi connectivity index (χ2v) is 7.41. The number of carbonyl (C=O) groups is 1. The summed E-state index contributed by atoms with van der Waals surface area (Å²) in [6.45, 7) is 1.34. The van der Waals surface area contributed by atoms with Crippen LogP contribution in [0.4, 0.5) is 4.39 Å². The molecule has 1 fully saturated rings. The predicted molar refractivity (Wildman–Crippen MR) is 105 cm³/mol. The Hall–Kier alpha value is -2.82. The minimum Gasteiger partial charge on any atom is -0.394 e. The van der Waals surface area contributed by atoms with Crippen LogP contribution in [0.2, 0.25) is 0 Å². The van der Waals surface area contributed by atoms with E-state index in [-0.39, 0.29) is 25.3 Å². The first-order chi connectivity index (χ1) is 14.2. The number of hydrogen-bond acceptors (Lipinski definition) is 6. The van der Waals surface area contributed by atoms with Crippen LogP contribution in [-0.4, -0.2) is 50.5 Å². The summed E-state index contributed by atoms with van der Waals surface area (Å²) in [7, 11) is 0. The first kappa shape index (κ1) is 21.9. The van der Waals surface area contributed by atoms with E-state index in [0.717, 1.165) is 0 Å². The molecule has 1 aromatic heterocycles. The van der Waals surface area contributed by atoms with Gasteiger partial charge < -0.3 is 20.3 Å². The van der Waals surface area contributed by atoms with Gasteiger partial charge in [-0.2, -0.15) is 0 Å². The lowest BCUT2D eigenvalue weighted by Gasteiger charge is -2.26. The first-order valence-electron chi connectivity index (χ1n) is 9.58. The Morgan fingerprint density at radius 2 is 2.07 bits per heavy atom. The van der Waals surface area contributed by atoms with Crippen molar-refractivity contribution < 1.29 is 24.1 Å². The SMILES string of the molecule is Cc1cn([C@H]2C[C@@](O)(CCCNC(=O)c3ccc([19F])cc3)[C@@H](CO)O2)c(=O)[nH]c1=O. The van der Waals surface area contributed by atoms with E-state index in [1.165, 1.54) is 35.0 Å². The summed E-state index contributed by atoms with van der Waals surface area (Å²) in [6, 6.07) is 5.14. The maximum Gasteiger partial charge on any atom is 0.330 e. The molecule has 2 heterocycles. The van der Waals surface area contributed by atoms with Crippen molar-refractivity contribution in [2.24, 2.45) is 0 Å². The van der Waals surface area contributed by atoms with Crippen molar-refractivity contribution in [1.29, 1.82) is 0 Å². The van der Waals surface area contributed by atoms with E-state index in [2.05, 4.69) is 10.3 Å². The largest absolute Gasteiger partial charge is 0.394 e. The lowest BCUT2D eigenvalue weighted by Crippen LogP contribution is -2.41. The summed E-state index contributed by atoms with van der Waals surface area (Å²) < 4.78 is 19.8. The van der Waals surface area contributed by atoms with Gasteiger partial charge in [-0.3, -0.25) is 19.1 Å². The van der Waals surface area contributed by atoms with E-state index in [0.29, 0.717) is 17.5 Å². The van der Waals surface area contributed by atoms with Gasteiger partial charge in [0.25, 0.3) is 11.5 Å². The highest BCUT2D eigenvalue weighted by atomic mass is 19.1. The molecule has 0 saturated carbocycles. The number of amides is 1. The molecule has 0 aliphatic carbocycles. The van der Waals surface area contributed by atoms with Crippen LogP contribution in [0.25, 0.3) is 0 Å². The third kappa shape index (κ3) is 4.66. The van der Waals surface area contributed by atoms with Crippen molar-refractivity contribution in [1.82, 2.24) is 14.9 Å². The zero-order valence-electron chi connectivity index (χ0n) is 16.4. The van der Waals surface area contributed by atoms with Crippen LogP contribution >= 0.6 is 0 Å². The maximum atomic E-state index is 12.9. The molecule has 0 spiro atoms. The van der Waals surface area contributed by atoms with Crippen molar-refractivity contribution in [2.45, 2.75) is 44.1 Å². The molecule has 1 aliphatic heterocycles. The van der Waals surface area contributed by atoms with Gasteiger partial charge >= 0.3 is 5.69 Å². The zero-order chi connectivity index (χ0) is 21.9. The molecule has 3 rings (SSSR count). The molecule has 9 nitrogen and oxygen atoms in total. The van der Waals surface area contributed by atoms with Gasteiger partial charge in [-0.25, -0.2) is 9.18 Å². The maximum absolute atomic E-state index is 12.9. The number of benzene rings is 1. The van der Waals surface area contributed by atoms with E-state index < -0.39 is 41.6 Å². The minimum atomic E-state index is -1.41. The lowest BCUT2D eigenvalue weighted by atomic mass is 9.90. The molecule has 10 heteroatoms. The number of nitrogens with zero attached hydrogens (tertiary/aromatic N) is 1. The van der Waals surface area contributed by atoms with Gasteiger partial charge in [-0.05, 0) is 44.0 Å². The summed E-state index contributed by atoms with van der Waals surface area (Å²) in [5, 5.41) is 23.3. The van der Waals surface area contributed by atoms with E-state index in [1.54, 1.807) is 6.92 Å². The monoisotopic (exact) mass is 421 g/mol. The van der Waals surface area contributed by atoms with Crippen LogP contribution in [0.5, 0.6) is 0 Å². The van der Waals surface area contributed by atoms with Gasteiger partial charge in [0.1, 0.15) is 18.1 Å². The van der Waals surface area contributed by atoms with Crippen LogP contribution in [0.1, 0.15) is 41.4 Å². The number of nitrogens with one attached hydrogen (secondary N) is 2. The number of aromatic nitrogens is 2.